The molecule has 0 bridgehead atoms. The van der Waals surface area contributed by atoms with Gasteiger partial charge in [-0.1, -0.05) is 72.0 Å². The SMILES string of the molecule is CCOC(=O)C1=C(C)N=c2s/c(=C\c3cn[nH]c3-c3ccccc3)c(=O)n2C1c1ccccc1. The molecule has 1 aliphatic rings. The molecule has 0 saturated heterocycles. The third-order valence-electron chi connectivity index (χ3n) is 5.65. The van der Waals surface area contributed by atoms with Gasteiger partial charge in [-0.15, -0.1) is 0 Å². The number of hydrogen-bond acceptors (Lipinski definition) is 6. The molecule has 1 unspecified atom stereocenters. The maximum atomic E-state index is 13.7. The maximum Gasteiger partial charge on any atom is 0.338 e. The molecule has 34 heavy (non-hydrogen) atoms. The topological polar surface area (TPSA) is 89.3 Å². The van der Waals surface area contributed by atoms with E-state index in [4.69, 9.17) is 4.74 Å². The highest BCUT2D eigenvalue weighted by atomic mass is 32.1. The number of ether oxygens (including phenoxy) is 1. The Labute approximate surface area is 199 Å². The predicted octanol–water partition coefficient (Wildman–Crippen LogP) is 3.19. The Kier molecular flexibility index (Phi) is 5.81. The summed E-state index contributed by atoms with van der Waals surface area (Å²) < 4.78 is 7.43. The molecule has 0 saturated carbocycles. The van der Waals surface area contributed by atoms with Gasteiger partial charge in [-0.25, -0.2) is 9.79 Å². The van der Waals surface area contributed by atoms with Gasteiger partial charge in [-0.3, -0.25) is 14.5 Å². The van der Waals surface area contributed by atoms with Crippen molar-refractivity contribution in [2.24, 2.45) is 4.99 Å². The van der Waals surface area contributed by atoms with E-state index in [9.17, 15) is 9.59 Å². The molecule has 2 aromatic carbocycles. The van der Waals surface area contributed by atoms with Gasteiger partial charge in [-0.2, -0.15) is 5.10 Å². The summed E-state index contributed by atoms with van der Waals surface area (Å²) in [5.41, 5.74) is 4.13. The van der Waals surface area contributed by atoms with E-state index in [0.717, 1.165) is 22.4 Å². The van der Waals surface area contributed by atoms with Gasteiger partial charge in [-0.05, 0) is 25.5 Å². The number of allylic oxidation sites excluding steroid dienone is 1. The van der Waals surface area contributed by atoms with Crippen LogP contribution in [0.5, 0.6) is 0 Å². The Hall–Kier alpha value is -4.04. The first-order valence-corrected chi connectivity index (χ1v) is 11.7. The highest BCUT2D eigenvalue weighted by Crippen LogP contribution is 2.30. The average Bonchev–Trinajstić information content (AvgIpc) is 3.44. The van der Waals surface area contributed by atoms with E-state index >= 15 is 0 Å². The second-order valence-corrected chi connectivity index (χ2v) is 8.79. The first-order valence-electron chi connectivity index (χ1n) is 10.9. The van der Waals surface area contributed by atoms with Crippen molar-refractivity contribution in [2.45, 2.75) is 19.9 Å². The van der Waals surface area contributed by atoms with Crippen LogP contribution in [-0.4, -0.2) is 27.3 Å². The van der Waals surface area contributed by atoms with E-state index in [-0.39, 0.29) is 12.2 Å². The van der Waals surface area contributed by atoms with Gasteiger partial charge in [0.25, 0.3) is 5.56 Å². The number of esters is 1. The van der Waals surface area contributed by atoms with Crippen molar-refractivity contribution in [1.82, 2.24) is 14.8 Å². The molecular weight excluding hydrogens is 448 g/mol. The lowest BCUT2D eigenvalue weighted by molar-refractivity contribution is -0.139. The molecule has 0 spiro atoms. The number of nitrogens with one attached hydrogen (secondary N) is 1. The Morgan fingerprint density at radius 2 is 1.85 bits per heavy atom. The standard InChI is InChI=1S/C26H22N4O3S/c1-3-33-25(32)21-16(2)28-26-30(23(21)18-12-8-5-9-13-18)24(31)20(34-26)14-19-15-27-29-22(19)17-10-6-4-7-11-17/h4-15,23H,3H2,1-2H3,(H,27,29)/b20-14-. The van der Waals surface area contributed by atoms with E-state index < -0.39 is 12.0 Å². The number of H-pyrrole nitrogens is 1. The zero-order valence-electron chi connectivity index (χ0n) is 18.7. The molecule has 1 atom stereocenters. The molecule has 5 rings (SSSR count). The number of thiazole rings is 1. The van der Waals surface area contributed by atoms with Crippen molar-refractivity contribution < 1.29 is 9.53 Å². The molecule has 0 aliphatic carbocycles. The van der Waals surface area contributed by atoms with Gasteiger partial charge in [0.2, 0.25) is 0 Å². The zero-order valence-corrected chi connectivity index (χ0v) is 19.5. The van der Waals surface area contributed by atoms with Gasteiger partial charge < -0.3 is 4.74 Å². The van der Waals surface area contributed by atoms with Gasteiger partial charge in [0.05, 0.1) is 40.3 Å². The summed E-state index contributed by atoms with van der Waals surface area (Å²) in [6, 6.07) is 18.7. The summed E-state index contributed by atoms with van der Waals surface area (Å²) in [5.74, 6) is -0.465. The van der Waals surface area contributed by atoms with Crippen LogP contribution in [0, 0.1) is 0 Å². The summed E-state index contributed by atoms with van der Waals surface area (Å²) in [4.78, 5) is 31.7. The van der Waals surface area contributed by atoms with E-state index in [0.29, 0.717) is 20.6 Å². The largest absolute Gasteiger partial charge is 0.463 e. The summed E-state index contributed by atoms with van der Waals surface area (Å²) in [5, 5.41) is 7.21. The van der Waals surface area contributed by atoms with Crippen LogP contribution in [0.15, 0.2) is 87.9 Å². The van der Waals surface area contributed by atoms with E-state index in [1.54, 1.807) is 24.6 Å². The molecule has 0 amide bonds. The number of carbonyl (C=O) groups is 1. The van der Waals surface area contributed by atoms with E-state index in [2.05, 4.69) is 15.2 Å². The van der Waals surface area contributed by atoms with Crippen molar-refractivity contribution in [2.75, 3.05) is 6.61 Å². The quantitative estimate of drug-likeness (QED) is 0.454. The van der Waals surface area contributed by atoms with Crippen molar-refractivity contribution in [1.29, 1.82) is 0 Å². The maximum absolute atomic E-state index is 13.7. The predicted molar refractivity (Wildman–Crippen MR) is 131 cm³/mol. The van der Waals surface area contributed by atoms with E-state index in [1.165, 1.54) is 11.3 Å². The first-order chi connectivity index (χ1) is 16.6. The fourth-order valence-electron chi connectivity index (χ4n) is 4.12. The Bertz CT molecular complexity index is 1560. The van der Waals surface area contributed by atoms with Crippen LogP contribution < -0.4 is 14.9 Å². The van der Waals surface area contributed by atoms with Gasteiger partial charge >= 0.3 is 5.97 Å². The normalized spacial score (nSPS) is 15.7. The van der Waals surface area contributed by atoms with Crippen LogP contribution in [-0.2, 0) is 9.53 Å². The first kappa shape index (κ1) is 21.8. The van der Waals surface area contributed by atoms with Crippen LogP contribution in [0.2, 0.25) is 0 Å². The summed E-state index contributed by atoms with van der Waals surface area (Å²) in [6.07, 6.45) is 3.52. The monoisotopic (exact) mass is 470 g/mol. The molecule has 0 radical (unpaired) electrons. The second-order valence-electron chi connectivity index (χ2n) is 7.78. The summed E-state index contributed by atoms with van der Waals surface area (Å²) in [7, 11) is 0. The van der Waals surface area contributed by atoms with Crippen molar-refractivity contribution in [3.63, 3.8) is 0 Å². The molecule has 4 aromatic rings. The van der Waals surface area contributed by atoms with Crippen molar-refractivity contribution in [3.8, 4) is 11.3 Å². The smallest absolute Gasteiger partial charge is 0.338 e. The van der Waals surface area contributed by atoms with Crippen LogP contribution in [0.1, 0.15) is 31.0 Å². The van der Waals surface area contributed by atoms with Crippen LogP contribution in [0.4, 0.5) is 0 Å². The zero-order chi connectivity index (χ0) is 23.7. The van der Waals surface area contributed by atoms with Crippen LogP contribution in [0.3, 0.4) is 0 Å². The molecule has 7 nitrogen and oxygen atoms in total. The van der Waals surface area contributed by atoms with Gasteiger partial charge in [0, 0.05) is 11.1 Å². The minimum Gasteiger partial charge on any atom is -0.463 e. The molecule has 8 heteroatoms. The van der Waals surface area contributed by atoms with Gasteiger partial charge in [0.1, 0.15) is 0 Å². The number of aromatic amines is 1. The third kappa shape index (κ3) is 3.82. The highest BCUT2D eigenvalue weighted by molar-refractivity contribution is 7.07. The third-order valence-corrected chi connectivity index (χ3v) is 6.63. The van der Waals surface area contributed by atoms with Crippen LogP contribution in [0.25, 0.3) is 17.3 Å². The lowest BCUT2D eigenvalue weighted by Crippen LogP contribution is -2.39. The number of nitrogens with zero attached hydrogens (tertiary/aromatic N) is 3. The molecule has 3 heterocycles. The lowest BCUT2D eigenvalue weighted by Gasteiger charge is -2.24. The fraction of sp³-hybridized carbons (Fsp3) is 0.154. The Morgan fingerprint density at radius 1 is 1.15 bits per heavy atom. The minimum absolute atomic E-state index is 0.216. The molecule has 1 aliphatic heterocycles. The van der Waals surface area contributed by atoms with Crippen LogP contribution >= 0.6 is 11.3 Å². The molecule has 2 aromatic heterocycles. The van der Waals surface area contributed by atoms with E-state index in [1.807, 2.05) is 66.7 Å². The summed E-state index contributed by atoms with van der Waals surface area (Å²) >= 11 is 1.29. The number of hydrogen-bond donors (Lipinski definition) is 1. The number of fused-ring (bicyclic) bond motifs is 1. The van der Waals surface area contributed by atoms with Gasteiger partial charge in [0.15, 0.2) is 4.80 Å². The molecule has 170 valence electrons. The number of rotatable bonds is 5. The minimum atomic E-state index is -0.614. The molecule has 1 N–H and O–H groups in total. The van der Waals surface area contributed by atoms with Crippen molar-refractivity contribution >= 4 is 23.4 Å². The highest BCUT2D eigenvalue weighted by Gasteiger charge is 2.33. The molecule has 0 fully saturated rings. The lowest BCUT2D eigenvalue weighted by atomic mass is 9.96. The fourth-order valence-corrected chi connectivity index (χ4v) is 5.16. The summed E-state index contributed by atoms with van der Waals surface area (Å²) in [6.45, 7) is 3.78. The molecular formula is C26H22N4O3S. The Balaban J connectivity index is 1.70. The average molecular weight is 471 g/mol. The number of aromatic nitrogens is 3. The number of benzene rings is 2. The Morgan fingerprint density at radius 3 is 2.56 bits per heavy atom. The van der Waals surface area contributed by atoms with Crippen molar-refractivity contribution in [3.05, 3.63) is 109 Å². The number of carbonyl (C=O) groups excluding carboxylic acids is 1. The second kappa shape index (κ2) is 9.07.